The van der Waals surface area contributed by atoms with Gasteiger partial charge < -0.3 is 10.2 Å². The number of aryl methyl sites for hydroxylation is 2. The Labute approximate surface area is 140 Å². The third kappa shape index (κ3) is 3.74. The average Bonchev–Trinajstić information content (AvgIpc) is 3.04. The number of nitrogens with one attached hydrogen (secondary N) is 1. The number of nitrogens with zero attached hydrogens (tertiary/aromatic N) is 3. The molecule has 2 rings (SSSR count). The smallest absolute Gasteiger partial charge is 0.352 e. The summed E-state index contributed by atoms with van der Waals surface area (Å²) in [5.74, 6) is -3.19. The van der Waals surface area contributed by atoms with Crippen LogP contribution in [0, 0.1) is 11.8 Å². The van der Waals surface area contributed by atoms with Crippen molar-refractivity contribution in [2.75, 3.05) is 20.1 Å². The molecule has 1 N–H and O–H groups in total. The lowest BCUT2D eigenvalue weighted by molar-refractivity contribution is -0.183. The van der Waals surface area contributed by atoms with Crippen LogP contribution in [0.3, 0.4) is 0 Å². The first-order valence-electron chi connectivity index (χ1n) is 8.25. The molecule has 0 bridgehead atoms. The summed E-state index contributed by atoms with van der Waals surface area (Å²) in [6.45, 7) is 4.19. The van der Waals surface area contributed by atoms with Crippen molar-refractivity contribution >= 4 is 5.91 Å². The Hall–Kier alpha value is -1.57. The van der Waals surface area contributed by atoms with Crippen LogP contribution in [0.4, 0.5) is 13.2 Å². The number of likely N-dealkylation sites (tertiary alicyclic amines) is 1. The second kappa shape index (κ2) is 7.13. The fourth-order valence-corrected chi connectivity index (χ4v) is 3.50. The highest BCUT2D eigenvalue weighted by atomic mass is 19.4. The van der Waals surface area contributed by atoms with Crippen LogP contribution < -0.4 is 5.32 Å². The zero-order valence-corrected chi connectivity index (χ0v) is 14.6. The molecular weight excluding hydrogens is 321 g/mol. The van der Waals surface area contributed by atoms with Crippen LogP contribution in [0.25, 0.3) is 0 Å². The summed E-state index contributed by atoms with van der Waals surface area (Å²) >= 11 is 0. The largest absolute Gasteiger partial charge is 0.393 e. The SMILES string of the molecule is CCc1nn(C)c(CC)c1CNC(=O)[C@@H]1CN(C)C[C@H]1C(F)(F)F. The van der Waals surface area contributed by atoms with Crippen LogP contribution in [0.1, 0.15) is 30.8 Å². The van der Waals surface area contributed by atoms with Gasteiger partial charge in [-0.25, -0.2) is 0 Å². The van der Waals surface area contributed by atoms with E-state index in [0.29, 0.717) is 0 Å². The lowest BCUT2D eigenvalue weighted by Gasteiger charge is -2.20. The molecule has 0 spiro atoms. The van der Waals surface area contributed by atoms with Gasteiger partial charge in [0.15, 0.2) is 0 Å². The Bertz CT molecular complexity index is 597. The average molecular weight is 346 g/mol. The summed E-state index contributed by atoms with van der Waals surface area (Å²) in [5, 5.41) is 7.13. The van der Waals surface area contributed by atoms with Gasteiger partial charge in [-0.1, -0.05) is 13.8 Å². The highest BCUT2D eigenvalue weighted by molar-refractivity contribution is 5.79. The van der Waals surface area contributed by atoms with E-state index in [4.69, 9.17) is 0 Å². The summed E-state index contributed by atoms with van der Waals surface area (Å²) in [4.78, 5) is 13.9. The van der Waals surface area contributed by atoms with Crippen LogP contribution in [0.15, 0.2) is 0 Å². The zero-order valence-electron chi connectivity index (χ0n) is 14.6. The standard InChI is InChI=1S/C16H25F3N4O/c1-5-13-10(14(6-2)23(4)21-13)7-20-15(24)11-8-22(3)9-12(11)16(17,18)19/h11-12H,5-9H2,1-4H3,(H,20,24)/t11-,12-/m1/s1. The number of amides is 1. The van der Waals surface area contributed by atoms with Crippen LogP contribution in [-0.2, 0) is 31.2 Å². The molecule has 0 saturated carbocycles. The number of rotatable bonds is 5. The second-order valence-corrected chi connectivity index (χ2v) is 6.40. The third-order valence-electron chi connectivity index (χ3n) is 4.73. The maximum atomic E-state index is 13.1. The fraction of sp³-hybridized carbons (Fsp3) is 0.750. The molecule has 1 aromatic rings. The molecule has 24 heavy (non-hydrogen) atoms. The van der Waals surface area contributed by atoms with Gasteiger partial charge in [0.05, 0.1) is 17.5 Å². The van der Waals surface area contributed by atoms with Crippen molar-refractivity contribution in [1.29, 1.82) is 0 Å². The highest BCUT2D eigenvalue weighted by Crippen LogP contribution is 2.37. The van der Waals surface area contributed by atoms with E-state index < -0.39 is 23.9 Å². The van der Waals surface area contributed by atoms with Gasteiger partial charge >= 0.3 is 6.18 Å². The van der Waals surface area contributed by atoms with Crippen molar-refractivity contribution in [2.24, 2.45) is 18.9 Å². The van der Waals surface area contributed by atoms with E-state index >= 15 is 0 Å². The van der Waals surface area contributed by atoms with Crippen LogP contribution in [0.5, 0.6) is 0 Å². The van der Waals surface area contributed by atoms with Crippen LogP contribution in [0.2, 0.25) is 0 Å². The van der Waals surface area contributed by atoms with Gasteiger partial charge in [0.25, 0.3) is 0 Å². The van der Waals surface area contributed by atoms with E-state index in [9.17, 15) is 18.0 Å². The van der Waals surface area contributed by atoms with Crippen molar-refractivity contribution in [3.05, 3.63) is 17.0 Å². The molecule has 0 radical (unpaired) electrons. The summed E-state index contributed by atoms with van der Waals surface area (Å²) in [7, 11) is 3.45. The molecule has 1 fully saturated rings. The Morgan fingerprint density at radius 2 is 1.92 bits per heavy atom. The second-order valence-electron chi connectivity index (χ2n) is 6.40. The van der Waals surface area contributed by atoms with Crippen molar-refractivity contribution < 1.29 is 18.0 Å². The summed E-state index contributed by atoms with van der Waals surface area (Å²) in [6, 6.07) is 0. The molecule has 136 valence electrons. The van der Waals surface area contributed by atoms with Gasteiger partial charge in [-0.2, -0.15) is 18.3 Å². The molecule has 1 saturated heterocycles. The maximum Gasteiger partial charge on any atom is 0.393 e. The monoisotopic (exact) mass is 346 g/mol. The first-order chi connectivity index (χ1) is 11.2. The molecule has 1 aliphatic heterocycles. The Kier molecular flexibility index (Phi) is 5.57. The minimum atomic E-state index is -4.36. The number of hydrogen-bond donors (Lipinski definition) is 1. The topological polar surface area (TPSA) is 50.2 Å². The predicted molar refractivity (Wildman–Crippen MR) is 84.3 cm³/mol. The van der Waals surface area contributed by atoms with E-state index in [1.165, 1.54) is 0 Å². The summed E-state index contributed by atoms with van der Waals surface area (Å²) in [5.41, 5.74) is 2.80. The van der Waals surface area contributed by atoms with Crippen LogP contribution in [-0.4, -0.2) is 46.9 Å². The van der Waals surface area contributed by atoms with Gasteiger partial charge in [0.1, 0.15) is 0 Å². The van der Waals surface area contributed by atoms with Crippen molar-refractivity contribution in [3.8, 4) is 0 Å². The Morgan fingerprint density at radius 1 is 1.25 bits per heavy atom. The number of carbonyl (C=O) groups excluding carboxylic acids is 1. The Balaban J connectivity index is 2.11. The number of hydrogen-bond acceptors (Lipinski definition) is 3. The molecule has 1 aliphatic rings. The van der Waals surface area contributed by atoms with Gasteiger partial charge in [-0.05, 0) is 19.9 Å². The molecular formula is C16H25F3N4O. The van der Waals surface area contributed by atoms with E-state index in [0.717, 1.165) is 29.8 Å². The third-order valence-corrected chi connectivity index (χ3v) is 4.73. The van der Waals surface area contributed by atoms with Gasteiger partial charge in [0, 0.05) is 37.9 Å². The zero-order chi connectivity index (χ0) is 18.1. The minimum absolute atomic E-state index is 0.129. The highest BCUT2D eigenvalue weighted by Gasteiger charge is 2.51. The lowest BCUT2D eigenvalue weighted by atomic mass is 9.94. The normalized spacial score (nSPS) is 22.1. The lowest BCUT2D eigenvalue weighted by Crippen LogP contribution is -2.40. The predicted octanol–water partition coefficient (Wildman–Crippen LogP) is 1.90. The van der Waals surface area contributed by atoms with E-state index in [-0.39, 0.29) is 19.6 Å². The summed E-state index contributed by atoms with van der Waals surface area (Å²) in [6.07, 6.45) is -2.88. The molecule has 8 heteroatoms. The van der Waals surface area contributed by atoms with Crippen molar-refractivity contribution in [1.82, 2.24) is 20.0 Å². The minimum Gasteiger partial charge on any atom is -0.352 e. The molecule has 0 aromatic carbocycles. The molecule has 0 aliphatic carbocycles. The Morgan fingerprint density at radius 3 is 2.46 bits per heavy atom. The molecule has 2 atom stereocenters. The number of aromatic nitrogens is 2. The van der Waals surface area contributed by atoms with Crippen molar-refractivity contribution in [3.63, 3.8) is 0 Å². The molecule has 2 heterocycles. The molecule has 0 unspecified atom stereocenters. The van der Waals surface area contributed by atoms with E-state index in [1.807, 2.05) is 20.9 Å². The number of alkyl halides is 3. The quantitative estimate of drug-likeness (QED) is 0.886. The number of carbonyl (C=O) groups is 1. The summed E-state index contributed by atoms with van der Waals surface area (Å²) < 4.78 is 41.2. The van der Waals surface area contributed by atoms with Gasteiger partial charge in [-0.15, -0.1) is 0 Å². The molecule has 5 nitrogen and oxygen atoms in total. The van der Waals surface area contributed by atoms with Gasteiger partial charge in [-0.3, -0.25) is 9.48 Å². The van der Waals surface area contributed by atoms with E-state index in [1.54, 1.807) is 16.6 Å². The first-order valence-corrected chi connectivity index (χ1v) is 8.25. The van der Waals surface area contributed by atoms with Crippen LogP contribution >= 0.6 is 0 Å². The van der Waals surface area contributed by atoms with E-state index in [2.05, 4.69) is 10.4 Å². The molecule has 1 aromatic heterocycles. The van der Waals surface area contributed by atoms with Gasteiger partial charge in [0.2, 0.25) is 5.91 Å². The maximum absolute atomic E-state index is 13.1. The van der Waals surface area contributed by atoms with Crippen molar-refractivity contribution in [2.45, 2.75) is 39.4 Å². The molecule has 1 amide bonds. The fourth-order valence-electron chi connectivity index (χ4n) is 3.50. The first kappa shape index (κ1) is 18.8. The number of halogens is 3.